The van der Waals surface area contributed by atoms with E-state index in [9.17, 15) is 4.79 Å². The number of hydrogen-bond acceptors (Lipinski definition) is 1. The average molecular weight is 400 g/mol. The van der Waals surface area contributed by atoms with Gasteiger partial charge in [-0.25, -0.2) is 0 Å². The lowest BCUT2D eigenvalue weighted by Gasteiger charge is -2.13. The van der Waals surface area contributed by atoms with Crippen molar-refractivity contribution in [3.8, 4) is 0 Å². The van der Waals surface area contributed by atoms with E-state index in [1.165, 1.54) is 74.3 Å². The maximum atomic E-state index is 11.1. The van der Waals surface area contributed by atoms with E-state index in [2.05, 4.69) is 62.7 Å². The van der Waals surface area contributed by atoms with Crippen molar-refractivity contribution >= 4 is 16.7 Å². The first kappa shape index (κ1) is 25.5. The number of carbonyl (C=O) groups excluding carboxylic acids is 1. The van der Waals surface area contributed by atoms with Crippen LogP contribution in [0.1, 0.15) is 104 Å². The number of fused-ring (bicyclic) bond motifs is 1. The van der Waals surface area contributed by atoms with Crippen LogP contribution in [0.25, 0.3) is 10.9 Å². The number of rotatable bonds is 13. The summed E-state index contributed by atoms with van der Waals surface area (Å²) in [6.07, 6.45) is 16.0. The summed E-state index contributed by atoms with van der Waals surface area (Å²) in [5.74, 6) is 1.30. The third-order valence-electron chi connectivity index (χ3n) is 5.73. The lowest BCUT2D eigenvalue weighted by Crippen LogP contribution is -1.99. The number of para-hydroxylation sites is 1. The van der Waals surface area contributed by atoms with Gasteiger partial charge in [0.15, 0.2) is 0 Å². The molecule has 2 aromatic rings. The van der Waals surface area contributed by atoms with Crippen molar-refractivity contribution in [3.05, 3.63) is 36.0 Å². The van der Waals surface area contributed by atoms with E-state index >= 15 is 0 Å². The predicted molar refractivity (Wildman–Crippen MR) is 129 cm³/mol. The summed E-state index contributed by atoms with van der Waals surface area (Å²) < 4.78 is 2.33. The zero-order chi connectivity index (χ0) is 21.5. The lowest BCUT2D eigenvalue weighted by molar-refractivity contribution is -0.116. The largest absolute Gasteiger partial charge is 0.347 e. The van der Waals surface area contributed by atoms with Crippen LogP contribution in [0, 0.1) is 5.92 Å². The molecule has 0 amide bonds. The van der Waals surface area contributed by atoms with Crippen molar-refractivity contribution in [2.24, 2.45) is 5.92 Å². The van der Waals surface area contributed by atoms with Gasteiger partial charge in [-0.15, -0.1) is 0 Å². The van der Waals surface area contributed by atoms with Crippen LogP contribution in [-0.2, 0) is 17.8 Å². The molecule has 164 valence electrons. The minimum absolute atomic E-state index is 0.264. The molecule has 0 radical (unpaired) electrons. The van der Waals surface area contributed by atoms with Crippen LogP contribution in [0.4, 0.5) is 0 Å². The summed E-state index contributed by atoms with van der Waals surface area (Å²) in [4.78, 5) is 11.1. The molecule has 1 aromatic carbocycles. The number of benzene rings is 1. The Hall–Kier alpha value is -1.57. The molecule has 0 spiro atoms. The Balaban J connectivity index is 0.000000331. The van der Waals surface area contributed by atoms with Gasteiger partial charge in [0.2, 0.25) is 0 Å². The second-order valence-electron chi connectivity index (χ2n) is 8.51. The van der Waals surface area contributed by atoms with Gasteiger partial charge in [-0.1, -0.05) is 97.3 Å². The summed E-state index contributed by atoms with van der Waals surface area (Å²) >= 11 is 0. The van der Waals surface area contributed by atoms with E-state index in [0.717, 1.165) is 18.9 Å². The normalized spacial score (nSPS) is 11.0. The molecule has 0 aliphatic heterocycles. The number of aromatic nitrogens is 1. The van der Waals surface area contributed by atoms with Crippen molar-refractivity contribution in [2.45, 2.75) is 112 Å². The van der Waals surface area contributed by atoms with E-state index in [4.69, 9.17) is 0 Å². The van der Waals surface area contributed by atoms with Crippen molar-refractivity contribution in [1.29, 1.82) is 0 Å². The number of carbonyl (C=O) groups is 1. The molecule has 29 heavy (non-hydrogen) atoms. The predicted octanol–water partition coefficient (Wildman–Crippen LogP) is 8.36. The molecule has 0 unspecified atom stereocenters. The maximum absolute atomic E-state index is 11.1. The zero-order valence-corrected chi connectivity index (χ0v) is 19.8. The van der Waals surface area contributed by atoms with Gasteiger partial charge < -0.3 is 9.36 Å². The smallest absolute Gasteiger partial charge is 0.130 e. The van der Waals surface area contributed by atoms with Gasteiger partial charge in [-0.05, 0) is 37.3 Å². The minimum atomic E-state index is 0.264. The molecule has 0 saturated carbocycles. The molecule has 1 aromatic heterocycles. The number of nitrogens with zero attached hydrogens (tertiary/aromatic N) is 1. The fourth-order valence-corrected chi connectivity index (χ4v) is 4.09. The highest BCUT2D eigenvalue weighted by molar-refractivity contribution is 5.85. The molecule has 0 atom stereocenters. The van der Waals surface area contributed by atoms with E-state index in [-0.39, 0.29) is 5.78 Å². The highest BCUT2D eigenvalue weighted by atomic mass is 16.1. The molecule has 0 fully saturated rings. The van der Waals surface area contributed by atoms with Crippen LogP contribution >= 0.6 is 0 Å². The van der Waals surface area contributed by atoms with E-state index < -0.39 is 0 Å². The molecule has 2 rings (SSSR count). The third kappa shape index (κ3) is 9.65. The van der Waals surface area contributed by atoms with Gasteiger partial charge in [0, 0.05) is 30.1 Å². The summed E-state index contributed by atoms with van der Waals surface area (Å²) in [6.45, 7) is 11.8. The summed E-state index contributed by atoms with van der Waals surface area (Å²) in [7, 11) is 0. The summed E-state index contributed by atoms with van der Waals surface area (Å²) in [5.41, 5.74) is 2.60. The first-order valence-electron chi connectivity index (χ1n) is 12.1. The van der Waals surface area contributed by atoms with Crippen molar-refractivity contribution < 1.29 is 4.79 Å². The topological polar surface area (TPSA) is 22.0 Å². The fourth-order valence-electron chi connectivity index (χ4n) is 4.09. The quantitative estimate of drug-likeness (QED) is 0.331. The monoisotopic (exact) mass is 399 g/mol. The van der Waals surface area contributed by atoms with E-state index in [1.807, 2.05) is 0 Å². The fraction of sp³-hybridized carbons (Fsp3) is 0.667. The highest BCUT2D eigenvalue weighted by Gasteiger charge is 2.08. The highest BCUT2D eigenvalue weighted by Crippen LogP contribution is 2.23. The van der Waals surface area contributed by atoms with Crippen LogP contribution in [0.15, 0.2) is 30.5 Å². The van der Waals surface area contributed by atoms with Gasteiger partial charge >= 0.3 is 0 Å². The van der Waals surface area contributed by atoms with Crippen molar-refractivity contribution in [2.75, 3.05) is 0 Å². The maximum Gasteiger partial charge on any atom is 0.130 e. The summed E-state index contributed by atoms with van der Waals surface area (Å²) in [6, 6.07) is 8.48. The summed E-state index contributed by atoms with van der Waals surface area (Å²) in [5, 5.41) is 1.30. The van der Waals surface area contributed by atoms with Gasteiger partial charge in [-0.3, -0.25) is 0 Å². The SMILES string of the molecule is CCCCC(CCC)CCC.CCCCn1cc(CCC(C)=O)c2ccccc21. The molecule has 2 nitrogen and oxygen atoms in total. The molecule has 0 saturated heterocycles. The van der Waals surface area contributed by atoms with Gasteiger partial charge in [0.1, 0.15) is 5.78 Å². The Labute approximate surface area is 180 Å². The van der Waals surface area contributed by atoms with Gasteiger partial charge in [-0.2, -0.15) is 0 Å². The number of aryl methyl sites for hydroxylation is 2. The standard InChI is InChI=1S/C16H21NO.C11H24/c1-3-4-11-17-12-14(10-9-13(2)18)15-7-5-6-8-16(15)17;1-4-7-10-11(8-5-2)9-6-3/h5-8,12H,3-4,9-11H2,1-2H3;11H,4-10H2,1-3H3. The van der Waals surface area contributed by atoms with Crippen molar-refractivity contribution in [1.82, 2.24) is 4.57 Å². The van der Waals surface area contributed by atoms with E-state index in [0.29, 0.717) is 6.42 Å². The van der Waals surface area contributed by atoms with Gasteiger partial charge in [0.05, 0.1) is 0 Å². The molecule has 0 aliphatic carbocycles. The number of Topliss-reactive ketones (excluding diaryl/α,β-unsaturated/α-hetero) is 1. The van der Waals surface area contributed by atoms with Crippen LogP contribution in [0.5, 0.6) is 0 Å². The van der Waals surface area contributed by atoms with E-state index in [1.54, 1.807) is 6.92 Å². The first-order chi connectivity index (χ1) is 14.1. The minimum Gasteiger partial charge on any atom is -0.347 e. The van der Waals surface area contributed by atoms with Crippen LogP contribution in [0.3, 0.4) is 0 Å². The molecular weight excluding hydrogens is 354 g/mol. The van der Waals surface area contributed by atoms with Crippen LogP contribution < -0.4 is 0 Å². The van der Waals surface area contributed by atoms with Crippen LogP contribution in [-0.4, -0.2) is 10.4 Å². The second kappa shape index (κ2) is 15.3. The molecule has 0 aliphatic rings. The Kier molecular flexibility index (Phi) is 13.4. The van der Waals surface area contributed by atoms with Gasteiger partial charge in [0.25, 0.3) is 0 Å². The molecule has 0 N–H and O–H groups in total. The third-order valence-corrected chi connectivity index (χ3v) is 5.73. The number of ketones is 1. The average Bonchev–Trinajstić information content (AvgIpc) is 3.07. The molecule has 2 heteroatoms. The number of hydrogen-bond donors (Lipinski definition) is 0. The molecule has 0 bridgehead atoms. The Morgan fingerprint density at radius 2 is 1.55 bits per heavy atom. The Bertz CT molecular complexity index is 679. The molecule has 1 heterocycles. The Morgan fingerprint density at radius 1 is 0.897 bits per heavy atom. The Morgan fingerprint density at radius 3 is 2.14 bits per heavy atom. The number of unbranched alkanes of at least 4 members (excludes halogenated alkanes) is 2. The zero-order valence-electron chi connectivity index (χ0n) is 19.8. The molecular formula is C27H45NO. The second-order valence-corrected chi connectivity index (χ2v) is 8.51. The van der Waals surface area contributed by atoms with Crippen LogP contribution in [0.2, 0.25) is 0 Å². The first-order valence-corrected chi connectivity index (χ1v) is 12.1. The van der Waals surface area contributed by atoms with Crippen molar-refractivity contribution in [3.63, 3.8) is 0 Å². The lowest BCUT2D eigenvalue weighted by atomic mass is 9.93.